The summed E-state index contributed by atoms with van der Waals surface area (Å²) < 4.78 is 0. The molecule has 2 heteroatoms. The molecule has 0 aromatic heterocycles. The van der Waals surface area contributed by atoms with E-state index in [0.717, 1.165) is 25.7 Å². The van der Waals surface area contributed by atoms with Crippen molar-refractivity contribution in [2.75, 3.05) is 0 Å². The Hall–Kier alpha value is 0.267. The molecule has 0 atom stereocenters. The van der Waals surface area contributed by atoms with Crippen LogP contribution >= 0.6 is 0 Å². The topological polar surface area (TPSA) is 17.1 Å². The minimum atomic E-state index is 0. The minimum absolute atomic E-state index is 0. The molecule has 0 radical (unpaired) electrons. The van der Waals surface area contributed by atoms with Gasteiger partial charge in [-0.25, -0.2) is 0 Å². The van der Waals surface area contributed by atoms with Crippen LogP contribution in [0.1, 0.15) is 44.9 Å². The molecule has 0 bridgehead atoms. The third-order valence-corrected chi connectivity index (χ3v) is 1.91. The van der Waals surface area contributed by atoms with Crippen molar-refractivity contribution in [1.82, 2.24) is 0 Å². The third kappa shape index (κ3) is 4.14. The van der Waals surface area contributed by atoms with Gasteiger partial charge in [-0.1, -0.05) is 19.3 Å². The Labute approximate surface area is 74.7 Å². The Morgan fingerprint density at radius 2 is 1.20 bits per heavy atom. The number of carbonyl (C=O) groups excluding carboxylic acids is 1. The summed E-state index contributed by atoms with van der Waals surface area (Å²) in [6, 6.07) is 0. The average molecular weight is 134 g/mol. The molecule has 0 spiro atoms. The van der Waals surface area contributed by atoms with Gasteiger partial charge in [0.05, 0.1) is 0 Å². The standard InChI is InChI=1S/C8H14O.Li.H/c9-8-6-4-2-1-3-5-7-8;;/h1-7H2;;. The molecule has 0 heterocycles. The van der Waals surface area contributed by atoms with Crippen LogP contribution in [0.15, 0.2) is 0 Å². The van der Waals surface area contributed by atoms with Gasteiger partial charge in [-0.15, -0.1) is 0 Å². The summed E-state index contributed by atoms with van der Waals surface area (Å²) in [5, 5.41) is 0. The van der Waals surface area contributed by atoms with Gasteiger partial charge in [0.15, 0.2) is 0 Å². The van der Waals surface area contributed by atoms with E-state index in [1.54, 1.807) is 0 Å². The fourth-order valence-electron chi connectivity index (χ4n) is 1.30. The molecule has 0 unspecified atom stereocenters. The van der Waals surface area contributed by atoms with Crippen LogP contribution in [0.2, 0.25) is 0 Å². The zero-order valence-corrected chi connectivity index (χ0v) is 5.86. The zero-order chi connectivity index (χ0) is 6.53. The molecule has 1 aliphatic carbocycles. The van der Waals surface area contributed by atoms with Crippen LogP contribution in [-0.4, -0.2) is 24.6 Å². The van der Waals surface area contributed by atoms with Crippen molar-refractivity contribution in [3.63, 3.8) is 0 Å². The molecule has 0 aromatic carbocycles. The number of carbonyl (C=O) groups is 1. The van der Waals surface area contributed by atoms with E-state index in [1.165, 1.54) is 19.3 Å². The fraction of sp³-hybridized carbons (Fsp3) is 0.875. The molecule has 1 nitrogen and oxygen atoms in total. The number of hydrogen-bond acceptors (Lipinski definition) is 1. The Morgan fingerprint density at radius 1 is 0.800 bits per heavy atom. The van der Waals surface area contributed by atoms with E-state index in [1.807, 2.05) is 0 Å². The zero-order valence-electron chi connectivity index (χ0n) is 5.86. The number of hydrogen-bond donors (Lipinski definition) is 0. The van der Waals surface area contributed by atoms with Gasteiger partial charge in [0.1, 0.15) is 5.78 Å². The van der Waals surface area contributed by atoms with Crippen LogP contribution < -0.4 is 0 Å². The Kier molecular flexibility index (Phi) is 6.17. The van der Waals surface area contributed by atoms with E-state index in [4.69, 9.17) is 0 Å². The molecule has 0 aliphatic heterocycles. The van der Waals surface area contributed by atoms with Crippen LogP contribution in [-0.2, 0) is 4.79 Å². The molecule has 0 N–H and O–H groups in total. The summed E-state index contributed by atoms with van der Waals surface area (Å²) in [6.45, 7) is 0. The molecule has 10 heavy (non-hydrogen) atoms. The van der Waals surface area contributed by atoms with Gasteiger partial charge in [0.2, 0.25) is 0 Å². The van der Waals surface area contributed by atoms with Crippen molar-refractivity contribution in [2.24, 2.45) is 0 Å². The number of ketones is 1. The fourth-order valence-corrected chi connectivity index (χ4v) is 1.30. The molecule has 1 saturated carbocycles. The number of Topliss-reactive ketones (excluding diaryl/α,β-unsaturated/α-hetero) is 1. The molecule has 54 valence electrons. The van der Waals surface area contributed by atoms with Gasteiger partial charge in [0, 0.05) is 12.8 Å². The monoisotopic (exact) mass is 134 g/mol. The predicted octanol–water partition coefficient (Wildman–Crippen LogP) is 1.65. The van der Waals surface area contributed by atoms with Crippen molar-refractivity contribution in [2.45, 2.75) is 44.9 Å². The quantitative estimate of drug-likeness (QED) is 0.460. The Bertz CT molecular complexity index is 91.4. The molecule has 1 fully saturated rings. The first-order valence-corrected chi connectivity index (χ1v) is 3.91. The Balaban J connectivity index is 0.000000810. The van der Waals surface area contributed by atoms with E-state index >= 15 is 0 Å². The second kappa shape index (κ2) is 6.01. The van der Waals surface area contributed by atoms with Gasteiger partial charge in [0.25, 0.3) is 0 Å². The van der Waals surface area contributed by atoms with Crippen LogP contribution in [0.4, 0.5) is 0 Å². The maximum absolute atomic E-state index is 10.8. The summed E-state index contributed by atoms with van der Waals surface area (Å²) in [5.74, 6) is 0.481. The summed E-state index contributed by atoms with van der Waals surface area (Å²) >= 11 is 0. The maximum atomic E-state index is 10.8. The van der Waals surface area contributed by atoms with Gasteiger partial charge >= 0.3 is 18.9 Å². The van der Waals surface area contributed by atoms with Crippen LogP contribution in [0, 0.1) is 0 Å². The molecule has 0 amide bonds. The molecule has 0 saturated heterocycles. The molecule has 1 rings (SSSR count). The molecular formula is C8H15LiO. The van der Waals surface area contributed by atoms with E-state index < -0.39 is 0 Å². The second-order valence-corrected chi connectivity index (χ2v) is 2.81. The van der Waals surface area contributed by atoms with Crippen molar-refractivity contribution >= 4 is 24.6 Å². The van der Waals surface area contributed by atoms with Crippen LogP contribution in [0.25, 0.3) is 0 Å². The van der Waals surface area contributed by atoms with Gasteiger partial charge in [-0.2, -0.15) is 0 Å². The molecular weight excluding hydrogens is 119 g/mol. The normalized spacial score (nSPS) is 20.6. The van der Waals surface area contributed by atoms with Crippen LogP contribution in [0.5, 0.6) is 0 Å². The van der Waals surface area contributed by atoms with E-state index in [2.05, 4.69) is 0 Å². The van der Waals surface area contributed by atoms with E-state index in [-0.39, 0.29) is 18.9 Å². The average Bonchev–Trinajstić information content (AvgIpc) is 1.79. The van der Waals surface area contributed by atoms with Crippen molar-refractivity contribution in [1.29, 1.82) is 0 Å². The van der Waals surface area contributed by atoms with E-state index in [9.17, 15) is 4.79 Å². The van der Waals surface area contributed by atoms with Crippen molar-refractivity contribution in [3.8, 4) is 0 Å². The van der Waals surface area contributed by atoms with E-state index in [0.29, 0.717) is 5.78 Å². The SMILES string of the molecule is O=C1CCCCCCC1.[LiH]. The summed E-state index contributed by atoms with van der Waals surface area (Å²) in [7, 11) is 0. The van der Waals surface area contributed by atoms with Gasteiger partial charge < -0.3 is 0 Å². The summed E-state index contributed by atoms with van der Waals surface area (Å²) in [6.07, 6.45) is 7.85. The summed E-state index contributed by atoms with van der Waals surface area (Å²) in [5.41, 5.74) is 0. The molecule has 1 aliphatic rings. The number of rotatable bonds is 0. The van der Waals surface area contributed by atoms with Crippen molar-refractivity contribution in [3.05, 3.63) is 0 Å². The first-order valence-electron chi connectivity index (χ1n) is 3.91. The first-order chi connectivity index (χ1) is 4.39. The first kappa shape index (κ1) is 10.3. The van der Waals surface area contributed by atoms with Crippen molar-refractivity contribution < 1.29 is 4.79 Å². The van der Waals surface area contributed by atoms with Gasteiger partial charge in [-0.05, 0) is 12.8 Å². The third-order valence-electron chi connectivity index (χ3n) is 1.91. The van der Waals surface area contributed by atoms with Gasteiger partial charge in [-0.3, -0.25) is 4.79 Å². The van der Waals surface area contributed by atoms with Crippen LogP contribution in [0.3, 0.4) is 0 Å². The predicted molar refractivity (Wildman–Crippen MR) is 44.5 cm³/mol. The summed E-state index contributed by atoms with van der Waals surface area (Å²) in [4.78, 5) is 10.8. The molecule has 0 aromatic rings. The Morgan fingerprint density at radius 3 is 1.70 bits per heavy atom. The second-order valence-electron chi connectivity index (χ2n) is 2.81.